The molecule has 0 bridgehead atoms. The average molecular weight is 344 g/mol. The van der Waals surface area contributed by atoms with Crippen LogP contribution in [0.1, 0.15) is 49.5 Å². The third kappa shape index (κ3) is 4.37. The van der Waals surface area contributed by atoms with Crippen molar-refractivity contribution >= 4 is 11.6 Å². The van der Waals surface area contributed by atoms with Gasteiger partial charge in [-0.3, -0.25) is 14.9 Å². The van der Waals surface area contributed by atoms with Crippen LogP contribution in [-0.4, -0.2) is 31.0 Å². The van der Waals surface area contributed by atoms with E-state index in [9.17, 15) is 14.9 Å². The summed E-state index contributed by atoms with van der Waals surface area (Å²) < 4.78 is 1.82. The molecule has 1 aliphatic rings. The van der Waals surface area contributed by atoms with Gasteiger partial charge in [-0.15, -0.1) is 5.10 Å². The zero-order valence-electron chi connectivity index (χ0n) is 13.8. The van der Waals surface area contributed by atoms with Crippen LogP contribution in [0.4, 0.5) is 5.69 Å². The fraction of sp³-hybridized carbons (Fsp3) is 0.500. The number of rotatable bonds is 6. The molecule has 132 valence electrons. The molecule has 1 saturated carbocycles. The van der Waals surface area contributed by atoms with Crippen molar-refractivity contribution in [3.8, 4) is 0 Å². The lowest BCUT2D eigenvalue weighted by Crippen LogP contribution is -2.27. The van der Waals surface area contributed by atoms with Crippen molar-refractivity contribution in [1.82, 2.24) is 25.5 Å². The Morgan fingerprint density at radius 1 is 1.24 bits per heavy atom. The number of nitrogens with one attached hydrogen (secondary N) is 1. The summed E-state index contributed by atoms with van der Waals surface area (Å²) in [6.45, 7) is 0.273. The van der Waals surface area contributed by atoms with Gasteiger partial charge in [-0.1, -0.05) is 31.4 Å². The van der Waals surface area contributed by atoms with Gasteiger partial charge in [0.2, 0.25) is 5.91 Å². The minimum Gasteiger partial charge on any atom is -0.348 e. The first-order valence-corrected chi connectivity index (χ1v) is 8.40. The first kappa shape index (κ1) is 17.0. The van der Waals surface area contributed by atoms with E-state index in [1.807, 2.05) is 4.68 Å². The minimum absolute atomic E-state index is 0.0100. The molecule has 0 radical (unpaired) electrons. The van der Waals surface area contributed by atoms with Crippen LogP contribution >= 0.6 is 0 Å². The van der Waals surface area contributed by atoms with E-state index < -0.39 is 4.92 Å². The lowest BCUT2D eigenvalue weighted by atomic mass is 9.95. The molecule has 25 heavy (non-hydrogen) atoms. The number of benzene rings is 1. The standard InChI is InChI=1S/C16H20N6O3/c23-16(10-12-6-8-14(9-7-12)22(24)25)17-11-15-18-19-20-21(15)13-4-2-1-3-5-13/h6-9,13H,1-5,10-11H2,(H,17,23). The number of carbonyl (C=O) groups excluding carboxylic acids is 1. The highest BCUT2D eigenvalue weighted by Gasteiger charge is 2.20. The molecule has 9 nitrogen and oxygen atoms in total. The largest absolute Gasteiger partial charge is 0.348 e. The van der Waals surface area contributed by atoms with Crippen LogP contribution in [0, 0.1) is 10.1 Å². The minimum atomic E-state index is -0.463. The Kier molecular flexibility index (Phi) is 5.32. The van der Waals surface area contributed by atoms with Gasteiger partial charge in [-0.05, 0) is 28.8 Å². The molecular weight excluding hydrogens is 324 g/mol. The van der Waals surface area contributed by atoms with Crippen molar-refractivity contribution in [2.45, 2.75) is 51.1 Å². The van der Waals surface area contributed by atoms with Gasteiger partial charge in [-0.25, -0.2) is 4.68 Å². The summed E-state index contributed by atoms with van der Waals surface area (Å²) in [5, 5.41) is 25.3. The van der Waals surface area contributed by atoms with Crippen LogP contribution in [0.3, 0.4) is 0 Å². The monoisotopic (exact) mass is 344 g/mol. The fourth-order valence-electron chi connectivity index (χ4n) is 3.10. The van der Waals surface area contributed by atoms with E-state index in [-0.39, 0.29) is 24.6 Å². The smallest absolute Gasteiger partial charge is 0.269 e. The Morgan fingerprint density at radius 2 is 1.96 bits per heavy atom. The Morgan fingerprint density at radius 3 is 2.64 bits per heavy atom. The lowest BCUT2D eigenvalue weighted by Gasteiger charge is -2.22. The van der Waals surface area contributed by atoms with Crippen molar-refractivity contribution in [2.24, 2.45) is 0 Å². The van der Waals surface area contributed by atoms with Crippen LogP contribution < -0.4 is 5.32 Å². The molecule has 1 aromatic carbocycles. The Labute approximate surface area is 144 Å². The van der Waals surface area contributed by atoms with Gasteiger partial charge < -0.3 is 5.32 Å². The Bertz CT molecular complexity index is 737. The second kappa shape index (κ2) is 7.82. The second-order valence-corrected chi connectivity index (χ2v) is 6.21. The van der Waals surface area contributed by atoms with Crippen molar-refractivity contribution in [1.29, 1.82) is 0 Å². The summed E-state index contributed by atoms with van der Waals surface area (Å²) >= 11 is 0. The van der Waals surface area contributed by atoms with E-state index in [1.54, 1.807) is 12.1 Å². The number of aromatic nitrogens is 4. The molecule has 0 unspecified atom stereocenters. The SMILES string of the molecule is O=C(Cc1ccc([N+](=O)[O-])cc1)NCc1nnnn1C1CCCCC1. The number of hydrogen-bond acceptors (Lipinski definition) is 6. The van der Waals surface area contributed by atoms with E-state index in [1.165, 1.54) is 31.4 Å². The molecule has 1 aromatic heterocycles. The van der Waals surface area contributed by atoms with Crippen LogP contribution in [0.25, 0.3) is 0 Å². The quantitative estimate of drug-likeness (QED) is 0.632. The zero-order valence-corrected chi connectivity index (χ0v) is 13.8. The first-order valence-electron chi connectivity index (χ1n) is 8.40. The van der Waals surface area contributed by atoms with Crippen LogP contribution in [0.2, 0.25) is 0 Å². The Hall–Kier alpha value is -2.84. The zero-order chi connectivity index (χ0) is 17.6. The predicted octanol–water partition coefficient (Wildman–Crippen LogP) is 1.95. The average Bonchev–Trinajstić information content (AvgIpc) is 3.10. The van der Waals surface area contributed by atoms with Gasteiger partial charge in [0.1, 0.15) is 0 Å². The third-order valence-electron chi connectivity index (χ3n) is 4.44. The molecule has 1 amide bonds. The number of nitro benzene ring substituents is 1. The van der Waals surface area contributed by atoms with E-state index in [0.717, 1.165) is 18.4 Å². The molecule has 0 saturated heterocycles. The van der Waals surface area contributed by atoms with Crippen LogP contribution in [0.15, 0.2) is 24.3 Å². The van der Waals surface area contributed by atoms with Gasteiger partial charge in [-0.2, -0.15) is 0 Å². The normalized spacial score (nSPS) is 15.0. The van der Waals surface area contributed by atoms with Crippen molar-refractivity contribution in [2.75, 3.05) is 0 Å². The summed E-state index contributed by atoms with van der Waals surface area (Å²) in [4.78, 5) is 22.3. The fourth-order valence-corrected chi connectivity index (χ4v) is 3.10. The maximum atomic E-state index is 12.1. The van der Waals surface area contributed by atoms with Gasteiger partial charge >= 0.3 is 0 Å². The van der Waals surface area contributed by atoms with E-state index in [2.05, 4.69) is 20.8 Å². The molecule has 1 aliphatic carbocycles. The van der Waals surface area contributed by atoms with Gasteiger partial charge in [0.15, 0.2) is 5.82 Å². The molecule has 3 rings (SSSR count). The number of non-ortho nitro benzene ring substituents is 1. The molecule has 0 spiro atoms. The molecule has 2 aromatic rings. The summed E-state index contributed by atoms with van der Waals surface area (Å²) in [5.41, 5.74) is 0.728. The predicted molar refractivity (Wildman–Crippen MR) is 88.6 cm³/mol. The number of tetrazole rings is 1. The molecule has 0 aliphatic heterocycles. The number of hydrogen-bond donors (Lipinski definition) is 1. The van der Waals surface area contributed by atoms with Crippen LogP contribution in [-0.2, 0) is 17.8 Å². The highest BCUT2D eigenvalue weighted by atomic mass is 16.6. The summed E-state index contributed by atoms with van der Waals surface area (Å²) in [7, 11) is 0. The van der Waals surface area contributed by atoms with E-state index in [4.69, 9.17) is 0 Å². The second-order valence-electron chi connectivity index (χ2n) is 6.21. The highest BCUT2D eigenvalue weighted by Crippen LogP contribution is 2.27. The summed E-state index contributed by atoms with van der Waals surface area (Å²) in [6.07, 6.45) is 5.89. The van der Waals surface area contributed by atoms with Gasteiger partial charge in [0.05, 0.1) is 23.9 Å². The molecular formula is C16H20N6O3. The number of carbonyl (C=O) groups is 1. The molecule has 1 heterocycles. The summed E-state index contributed by atoms with van der Waals surface area (Å²) in [5.74, 6) is 0.482. The lowest BCUT2D eigenvalue weighted by molar-refractivity contribution is -0.384. The van der Waals surface area contributed by atoms with Crippen molar-refractivity contribution in [3.63, 3.8) is 0 Å². The van der Waals surface area contributed by atoms with Crippen LogP contribution in [0.5, 0.6) is 0 Å². The number of nitro groups is 1. The molecule has 0 atom stereocenters. The number of amides is 1. The Balaban J connectivity index is 1.54. The maximum Gasteiger partial charge on any atom is 0.269 e. The first-order chi connectivity index (χ1) is 12.1. The van der Waals surface area contributed by atoms with E-state index >= 15 is 0 Å². The number of nitrogens with zero attached hydrogens (tertiary/aromatic N) is 5. The summed E-state index contributed by atoms with van der Waals surface area (Å²) in [6, 6.07) is 6.27. The van der Waals surface area contributed by atoms with Crippen molar-refractivity contribution in [3.05, 3.63) is 45.8 Å². The molecule has 1 N–H and O–H groups in total. The topological polar surface area (TPSA) is 116 Å². The van der Waals surface area contributed by atoms with Crippen molar-refractivity contribution < 1.29 is 9.72 Å². The maximum absolute atomic E-state index is 12.1. The molecule has 1 fully saturated rings. The highest BCUT2D eigenvalue weighted by molar-refractivity contribution is 5.78. The van der Waals surface area contributed by atoms with Gasteiger partial charge in [0, 0.05) is 12.1 Å². The molecule has 9 heteroatoms. The van der Waals surface area contributed by atoms with Gasteiger partial charge in [0.25, 0.3) is 5.69 Å². The third-order valence-corrected chi connectivity index (χ3v) is 4.44. The van der Waals surface area contributed by atoms with E-state index in [0.29, 0.717) is 11.9 Å².